The van der Waals surface area contributed by atoms with E-state index < -0.39 is 0 Å². The predicted molar refractivity (Wildman–Crippen MR) is 65.6 cm³/mol. The van der Waals surface area contributed by atoms with Crippen molar-refractivity contribution in [1.82, 2.24) is 10.3 Å². The Labute approximate surface area is 95.3 Å². The second-order valence-electron chi connectivity index (χ2n) is 4.01. The van der Waals surface area contributed by atoms with Gasteiger partial charge < -0.3 is 10.6 Å². The minimum atomic E-state index is 0.725. The van der Waals surface area contributed by atoms with E-state index in [0.29, 0.717) is 0 Å². The molecule has 1 aromatic heterocycles. The van der Waals surface area contributed by atoms with E-state index in [1.807, 2.05) is 0 Å². The summed E-state index contributed by atoms with van der Waals surface area (Å²) in [6, 6.07) is 0.725. The molecule has 0 aliphatic carbocycles. The normalized spacial score (nSPS) is 20.7. The molecule has 84 valence electrons. The zero-order valence-corrected chi connectivity index (χ0v) is 10.1. The number of aromatic nitrogens is 1. The summed E-state index contributed by atoms with van der Waals surface area (Å²) in [4.78, 5) is 4.48. The molecule has 2 N–H and O–H groups in total. The Morgan fingerprint density at radius 3 is 3.27 bits per heavy atom. The molecule has 3 nitrogen and oxygen atoms in total. The van der Waals surface area contributed by atoms with Crippen LogP contribution in [0.3, 0.4) is 0 Å². The zero-order chi connectivity index (χ0) is 10.5. The number of thiazole rings is 1. The summed E-state index contributed by atoms with van der Waals surface area (Å²) in [7, 11) is 0. The van der Waals surface area contributed by atoms with E-state index >= 15 is 0 Å². The lowest BCUT2D eigenvalue weighted by atomic mass is 10.2. The fourth-order valence-electron chi connectivity index (χ4n) is 1.91. The molecule has 4 heteroatoms. The van der Waals surface area contributed by atoms with Gasteiger partial charge in [0.15, 0.2) is 5.13 Å². The van der Waals surface area contributed by atoms with E-state index in [9.17, 15) is 0 Å². The standard InChI is InChI=1S/C11H19N3S/c1-2-9-8-15-11(14-9)13-7-5-10-4-3-6-12-10/h8,10,12H,2-7H2,1H3,(H,13,14). The Balaban J connectivity index is 1.68. The van der Waals surface area contributed by atoms with Crippen molar-refractivity contribution < 1.29 is 0 Å². The molecule has 1 aromatic rings. The van der Waals surface area contributed by atoms with Gasteiger partial charge in [-0.3, -0.25) is 0 Å². The average molecular weight is 225 g/mol. The Kier molecular flexibility index (Phi) is 3.97. The highest BCUT2D eigenvalue weighted by atomic mass is 32.1. The molecule has 1 saturated heterocycles. The predicted octanol–water partition coefficient (Wildman–Crippen LogP) is 2.26. The van der Waals surface area contributed by atoms with Crippen LogP contribution in [-0.4, -0.2) is 24.1 Å². The summed E-state index contributed by atoms with van der Waals surface area (Å²) in [6.07, 6.45) is 4.91. The van der Waals surface area contributed by atoms with Crippen molar-refractivity contribution in [3.05, 3.63) is 11.1 Å². The van der Waals surface area contributed by atoms with Gasteiger partial charge in [-0.25, -0.2) is 4.98 Å². The van der Waals surface area contributed by atoms with Crippen LogP contribution < -0.4 is 10.6 Å². The largest absolute Gasteiger partial charge is 0.361 e. The van der Waals surface area contributed by atoms with Crippen LogP contribution in [0.25, 0.3) is 0 Å². The average Bonchev–Trinajstić information content (AvgIpc) is 2.88. The highest BCUT2D eigenvalue weighted by Gasteiger charge is 2.13. The van der Waals surface area contributed by atoms with Gasteiger partial charge in [-0.2, -0.15) is 0 Å². The molecule has 1 unspecified atom stereocenters. The molecule has 1 aliphatic heterocycles. The number of rotatable bonds is 5. The van der Waals surface area contributed by atoms with Gasteiger partial charge in [0.05, 0.1) is 5.69 Å². The highest BCUT2D eigenvalue weighted by molar-refractivity contribution is 7.13. The first kappa shape index (κ1) is 10.9. The van der Waals surface area contributed by atoms with Gasteiger partial charge in [0.2, 0.25) is 0 Å². The van der Waals surface area contributed by atoms with E-state index in [4.69, 9.17) is 0 Å². The summed E-state index contributed by atoms with van der Waals surface area (Å²) >= 11 is 1.71. The second kappa shape index (κ2) is 5.47. The maximum absolute atomic E-state index is 4.48. The third-order valence-corrected chi connectivity index (χ3v) is 3.69. The number of nitrogens with one attached hydrogen (secondary N) is 2. The summed E-state index contributed by atoms with van der Waals surface area (Å²) in [6.45, 7) is 4.37. The van der Waals surface area contributed by atoms with Crippen molar-refractivity contribution in [3.8, 4) is 0 Å². The highest BCUT2D eigenvalue weighted by Crippen LogP contribution is 2.16. The molecule has 1 fully saturated rings. The third kappa shape index (κ3) is 3.18. The minimum Gasteiger partial charge on any atom is -0.361 e. The second-order valence-corrected chi connectivity index (χ2v) is 4.86. The quantitative estimate of drug-likeness (QED) is 0.807. The maximum atomic E-state index is 4.48. The molecule has 15 heavy (non-hydrogen) atoms. The molecular formula is C11H19N3S. The van der Waals surface area contributed by atoms with Crippen LogP contribution in [0.2, 0.25) is 0 Å². The number of anilines is 1. The summed E-state index contributed by atoms with van der Waals surface area (Å²) in [5.74, 6) is 0. The van der Waals surface area contributed by atoms with Crippen molar-refractivity contribution in [2.45, 2.75) is 38.6 Å². The summed E-state index contributed by atoms with van der Waals surface area (Å²) < 4.78 is 0. The first-order valence-corrected chi connectivity index (χ1v) is 6.68. The topological polar surface area (TPSA) is 37.0 Å². The van der Waals surface area contributed by atoms with Gasteiger partial charge in [0.25, 0.3) is 0 Å². The molecule has 0 radical (unpaired) electrons. The van der Waals surface area contributed by atoms with Crippen LogP contribution in [0, 0.1) is 0 Å². The van der Waals surface area contributed by atoms with Crippen LogP contribution in [-0.2, 0) is 6.42 Å². The lowest BCUT2D eigenvalue weighted by Crippen LogP contribution is -2.24. The summed E-state index contributed by atoms with van der Waals surface area (Å²) in [5.41, 5.74) is 1.20. The van der Waals surface area contributed by atoms with Crippen molar-refractivity contribution in [1.29, 1.82) is 0 Å². The van der Waals surface area contributed by atoms with Crippen molar-refractivity contribution >= 4 is 16.5 Å². The number of hydrogen-bond donors (Lipinski definition) is 2. The molecule has 0 saturated carbocycles. The van der Waals surface area contributed by atoms with Crippen molar-refractivity contribution in [2.75, 3.05) is 18.4 Å². The zero-order valence-electron chi connectivity index (χ0n) is 9.25. The van der Waals surface area contributed by atoms with Crippen molar-refractivity contribution in [2.24, 2.45) is 0 Å². The lowest BCUT2D eigenvalue weighted by Gasteiger charge is -2.09. The Hall–Kier alpha value is -0.610. The maximum Gasteiger partial charge on any atom is 0.182 e. The smallest absolute Gasteiger partial charge is 0.182 e. The minimum absolute atomic E-state index is 0.725. The third-order valence-electron chi connectivity index (χ3n) is 2.85. The Morgan fingerprint density at radius 2 is 2.60 bits per heavy atom. The number of hydrogen-bond acceptors (Lipinski definition) is 4. The van der Waals surface area contributed by atoms with Crippen LogP contribution in [0.4, 0.5) is 5.13 Å². The fourth-order valence-corrected chi connectivity index (χ4v) is 2.73. The van der Waals surface area contributed by atoms with E-state index in [2.05, 4.69) is 27.9 Å². The number of aryl methyl sites for hydroxylation is 1. The van der Waals surface area contributed by atoms with Gasteiger partial charge in [-0.05, 0) is 32.2 Å². The van der Waals surface area contributed by atoms with E-state index in [1.54, 1.807) is 11.3 Å². The molecule has 1 aliphatic rings. The van der Waals surface area contributed by atoms with Crippen LogP contribution in [0.15, 0.2) is 5.38 Å². The van der Waals surface area contributed by atoms with Crippen molar-refractivity contribution in [3.63, 3.8) is 0 Å². The van der Waals surface area contributed by atoms with Crippen LogP contribution >= 0.6 is 11.3 Å². The Morgan fingerprint density at radius 1 is 1.67 bits per heavy atom. The Bertz CT molecular complexity index is 292. The summed E-state index contributed by atoms with van der Waals surface area (Å²) in [5, 5.41) is 10.1. The molecule has 0 spiro atoms. The van der Waals surface area contributed by atoms with E-state index in [-0.39, 0.29) is 0 Å². The van der Waals surface area contributed by atoms with E-state index in [1.165, 1.54) is 31.5 Å². The molecule has 0 aromatic carbocycles. The fraction of sp³-hybridized carbons (Fsp3) is 0.727. The van der Waals surface area contributed by atoms with Gasteiger partial charge >= 0.3 is 0 Å². The molecular weight excluding hydrogens is 206 g/mol. The van der Waals surface area contributed by atoms with Crippen LogP contribution in [0.5, 0.6) is 0 Å². The molecule has 1 atom stereocenters. The number of nitrogens with zero attached hydrogens (tertiary/aromatic N) is 1. The molecule has 2 heterocycles. The van der Waals surface area contributed by atoms with Gasteiger partial charge in [0, 0.05) is 18.0 Å². The lowest BCUT2D eigenvalue weighted by molar-refractivity contribution is 0.574. The first-order chi connectivity index (χ1) is 7.38. The monoisotopic (exact) mass is 225 g/mol. The first-order valence-electron chi connectivity index (χ1n) is 5.80. The van der Waals surface area contributed by atoms with E-state index in [0.717, 1.165) is 24.1 Å². The molecule has 0 amide bonds. The van der Waals surface area contributed by atoms with Crippen LogP contribution in [0.1, 0.15) is 31.9 Å². The molecule has 0 bridgehead atoms. The SMILES string of the molecule is CCc1csc(NCCC2CCCN2)n1. The van der Waals surface area contributed by atoms with Gasteiger partial charge in [-0.15, -0.1) is 11.3 Å². The molecule has 2 rings (SSSR count). The van der Waals surface area contributed by atoms with Gasteiger partial charge in [-0.1, -0.05) is 6.92 Å². The van der Waals surface area contributed by atoms with Gasteiger partial charge in [0.1, 0.15) is 0 Å².